The third kappa shape index (κ3) is 3.78. The molecule has 9 heteroatoms. The molecule has 0 bridgehead atoms. The SMILES string of the molecule is Cc1cn2cc(NC(=S)c3ccc(N4CC(C)NC(C)C4)c4nccnc34)cc(F)c2n1. The van der Waals surface area contributed by atoms with E-state index in [1.54, 1.807) is 29.2 Å². The van der Waals surface area contributed by atoms with Crippen molar-refractivity contribution in [3.63, 3.8) is 0 Å². The van der Waals surface area contributed by atoms with Gasteiger partial charge in [0.1, 0.15) is 16.0 Å². The van der Waals surface area contributed by atoms with Crippen LogP contribution in [0.5, 0.6) is 0 Å². The van der Waals surface area contributed by atoms with Crippen LogP contribution >= 0.6 is 12.2 Å². The van der Waals surface area contributed by atoms with Gasteiger partial charge in [-0.2, -0.15) is 0 Å². The summed E-state index contributed by atoms with van der Waals surface area (Å²) in [4.78, 5) is 16.2. The number of fused-ring (bicyclic) bond motifs is 2. The number of aromatic nitrogens is 4. The number of nitrogens with one attached hydrogen (secondary N) is 2. The largest absolute Gasteiger partial charge is 0.367 e. The number of piperazine rings is 1. The molecule has 0 saturated carbocycles. The summed E-state index contributed by atoms with van der Waals surface area (Å²) in [6.07, 6.45) is 6.92. The van der Waals surface area contributed by atoms with Crippen LogP contribution in [0.25, 0.3) is 16.7 Å². The van der Waals surface area contributed by atoms with E-state index in [1.165, 1.54) is 6.07 Å². The second-order valence-electron chi connectivity index (χ2n) is 8.40. The second kappa shape index (κ2) is 8.07. The summed E-state index contributed by atoms with van der Waals surface area (Å²) in [6.45, 7) is 7.98. The molecule has 4 heterocycles. The molecule has 1 fully saturated rings. The minimum absolute atomic E-state index is 0.291. The Balaban J connectivity index is 1.50. The highest BCUT2D eigenvalue weighted by Gasteiger charge is 2.24. The van der Waals surface area contributed by atoms with Crippen molar-refractivity contribution < 1.29 is 4.39 Å². The number of benzene rings is 1. The van der Waals surface area contributed by atoms with Crippen molar-refractivity contribution in [3.05, 3.63) is 60.1 Å². The maximum atomic E-state index is 14.5. The number of halogens is 1. The second-order valence-corrected chi connectivity index (χ2v) is 8.81. The van der Waals surface area contributed by atoms with Gasteiger partial charge < -0.3 is 19.9 Å². The molecule has 164 valence electrons. The van der Waals surface area contributed by atoms with Crippen LogP contribution in [0.2, 0.25) is 0 Å². The molecule has 0 radical (unpaired) electrons. The zero-order valence-corrected chi connectivity index (χ0v) is 18.9. The Bertz CT molecular complexity index is 1320. The Morgan fingerprint density at radius 1 is 1.12 bits per heavy atom. The zero-order chi connectivity index (χ0) is 22.4. The molecule has 7 nitrogen and oxygen atoms in total. The minimum atomic E-state index is -0.409. The first-order valence-electron chi connectivity index (χ1n) is 10.6. The first kappa shape index (κ1) is 20.7. The summed E-state index contributed by atoms with van der Waals surface area (Å²) in [6, 6.07) is 6.18. The van der Waals surface area contributed by atoms with Crippen molar-refractivity contribution in [2.24, 2.45) is 0 Å². The number of aryl methyl sites for hydroxylation is 1. The van der Waals surface area contributed by atoms with Crippen LogP contribution in [-0.2, 0) is 0 Å². The molecule has 4 aromatic rings. The maximum Gasteiger partial charge on any atom is 0.173 e. The van der Waals surface area contributed by atoms with E-state index < -0.39 is 5.82 Å². The number of hydrogen-bond acceptors (Lipinski definition) is 6. The van der Waals surface area contributed by atoms with Gasteiger partial charge in [-0.3, -0.25) is 9.97 Å². The minimum Gasteiger partial charge on any atom is -0.367 e. The lowest BCUT2D eigenvalue weighted by Gasteiger charge is -2.38. The smallest absolute Gasteiger partial charge is 0.173 e. The molecular formula is C23H24FN7S. The Hall–Kier alpha value is -3.17. The predicted octanol–water partition coefficient (Wildman–Crippen LogP) is 3.70. The van der Waals surface area contributed by atoms with Crippen LogP contribution in [0.4, 0.5) is 15.8 Å². The average molecular weight is 450 g/mol. The molecule has 5 rings (SSSR count). The fourth-order valence-corrected chi connectivity index (χ4v) is 4.73. The van der Waals surface area contributed by atoms with Gasteiger partial charge >= 0.3 is 0 Å². The van der Waals surface area contributed by atoms with Crippen LogP contribution in [0.15, 0.2) is 43.0 Å². The van der Waals surface area contributed by atoms with E-state index in [-0.39, 0.29) is 0 Å². The van der Waals surface area contributed by atoms with Gasteiger partial charge in [0.05, 0.1) is 17.1 Å². The number of pyridine rings is 1. The summed E-state index contributed by atoms with van der Waals surface area (Å²) < 4.78 is 16.1. The van der Waals surface area contributed by atoms with E-state index in [9.17, 15) is 4.39 Å². The number of hydrogen-bond donors (Lipinski definition) is 2. The topological polar surface area (TPSA) is 70.4 Å². The van der Waals surface area contributed by atoms with Gasteiger partial charge in [-0.15, -0.1) is 0 Å². The van der Waals surface area contributed by atoms with Crippen LogP contribution in [0.3, 0.4) is 0 Å². The molecule has 2 unspecified atom stereocenters. The summed E-state index contributed by atoms with van der Waals surface area (Å²) in [5, 5.41) is 6.71. The van der Waals surface area contributed by atoms with E-state index in [2.05, 4.69) is 44.3 Å². The lowest BCUT2D eigenvalue weighted by molar-refractivity contribution is 0.407. The number of nitrogens with zero attached hydrogens (tertiary/aromatic N) is 5. The summed E-state index contributed by atoms with van der Waals surface area (Å²) in [7, 11) is 0. The normalized spacial score (nSPS) is 18.9. The van der Waals surface area contributed by atoms with Gasteiger partial charge in [0, 0.05) is 61.6 Å². The molecule has 2 atom stereocenters. The molecule has 0 aliphatic carbocycles. The van der Waals surface area contributed by atoms with Gasteiger partial charge in [0.15, 0.2) is 11.5 Å². The molecule has 1 aromatic carbocycles. The number of anilines is 2. The number of thiocarbonyl (C=S) groups is 1. The average Bonchev–Trinajstić information content (AvgIpc) is 3.13. The molecule has 1 saturated heterocycles. The maximum absolute atomic E-state index is 14.5. The van der Waals surface area contributed by atoms with E-state index in [0.717, 1.165) is 41.1 Å². The highest BCUT2D eigenvalue weighted by molar-refractivity contribution is 7.81. The zero-order valence-electron chi connectivity index (χ0n) is 18.1. The molecule has 32 heavy (non-hydrogen) atoms. The van der Waals surface area contributed by atoms with Crippen molar-refractivity contribution in [3.8, 4) is 0 Å². The Morgan fingerprint density at radius 2 is 1.84 bits per heavy atom. The van der Waals surface area contributed by atoms with Gasteiger partial charge in [0.25, 0.3) is 0 Å². The van der Waals surface area contributed by atoms with Crippen molar-refractivity contribution in [2.45, 2.75) is 32.9 Å². The van der Waals surface area contributed by atoms with Gasteiger partial charge in [-0.1, -0.05) is 12.2 Å². The van der Waals surface area contributed by atoms with E-state index in [1.807, 2.05) is 19.1 Å². The van der Waals surface area contributed by atoms with E-state index in [4.69, 9.17) is 12.2 Å². The highest BCUT2D eigenvalue weighted by Crippen LogP contribution is 2.29. The van der Waals surface area contributed by atoms with E-state index >= 15 is 0 Å². The van der Waals surface area contributed by atoms with Gasteiger partial charge in [-0.25, -0.2) is 9.37 Å². The lowest BCUT2D eigenvalue weighted by Crippen LogP contribution is -2.54. The molecule has 0 amide bonds. The number of imidazole rings is 1. The fourth-order valence-electron chi connectivity index (χ4n) is 4.45. The van der Waals surface area contributed by atoms with Crippen LogP contribution in [0.1, 0.15) is 25.1 Å². The van der Waals surface area contributed by atoms with Crippen molar-refractivity contribution >= 4 is 45.3 Å². The molecule has 3 aromatic heterocycles. The Labute approximate surface area is 190 Å². The highest BCUT2D eigenvalue weighted by atomic mass is 32.1. The first-order chi connectivity index (χ1) is 15.4. The fraction of sp³-hybridized carbons (Fsp3) is 0.304. The standard InChI is InChI=1S/C23H24FN7S/c1-13-9-30(10-14(2)27-13)19-5-4-17(20-21(19)26-7-6-25-20)23(32)29-16-8-18(24)22-28-15(3)11-31(22)12-16/h4-8,11-14,27H,9-10H2,1-3H3,(H,29,32). The van der Waals surface area contributed by atoms with Crippen LogP contribution in [0, 0.1) is 12.7 Å². The quantitative estimate of drug-likeness (QED) is 0.462. The summed E-state index contributed by atoms with van der Waals surface area (Å²) in [5.41, 5.74) is 4.91. The predicted molar refractivity (Wildman–Crippen MR) is 129 cm³/mol. The third-order valence-electron chi connectivity index (χ3n) is 5.63. The van der Waals surface area contributed by atoms with Crippen molar-refractivity contribution in [1.29, 1.82) is 0 Å². The Morgan fingerprint density at radius 3 is 2.59 bits per heavy atom. The first-order valence-corrected chi connectivity index (χ1v) is 11.0. The molecule has 2 N–H and O–H groups in total. The van der Waals surface area contributed by atoms with Gasteiger partial charge in [0.2, 0.25) is 0 Å². The van der Waals surface area contributed by atoms with E-state index in [0.29, 0.717) is 28.4 Å². The molecule has 0 spiro atoms. The van der Waals surface area contributed by atoms with Crippen LogP contribution in [-0.4, -0.2) is 49.5 Å². The van der Waals surface area contributed by atoms with Gasteiger partial charge in [-0.05, 0) is 32.9 Å². The van der Waals surface area contributed by atoms with Crippen molar-refractivity contribution in [2.75, 3.05) is 23.3 Å². The molecule has 1 aliphatic rings. The monoisotopic (exact) mass is 449 g/mol. The lowest BCUT2D eigenvalue weighted by atomic mass is 10.1. The van der Waals surface area contributed by atoms with Crippen LogP contribution < -0.4 is 15.5 Å². The number of rotatable bonds is 3. The van der Waals surface area contributed by atoms with Crippen molar-refractivity contribution in [1.82, 2.24) is 24.7 Å². The molecule has 1 aliphatic heterocycles. The summed E-state index contributed by atoms with van der Waals surface area (Å²) >= 11 is 5.69. The molecular weight excluding hydrogens is 425 g/mol. The third-order valence-corrected chi connectivity index (χ3v) is 5.95. The Kier molecular flexibility index (Phi) is 5.22. The summed E-state index contributed by atoms with van der Waals surface area (Å²) in [5.74, 6) is -0.409.